The number of allylic oxidation sites excluding steroid dienone is 8. The van der Waals surface area contributed by atoms with Crippen molar-refractivity contribution in [2.45, 2.75) is 24.7 Å². The van der Waals surface area contributed by atoms with Crippen LogP contribution in [0.4, 0.5) is 52.7 Å². The Bertz CT molecular complexity index is 2620. The van der Waals surface area contributed by atoms with E-state index in [1.54, 1.807) is 0 Å². The van der Waals surface area contributed by atoms with Crippen molar-refractivity contribution < 1.29 is 52.7 Å². The molecule has 0 saturated carbocycles. The number of rotatable bonds is 2. The van der Waals surface area contributed by atoms with Gasteiger partial charge in [-0.2, -0.15) is 94.8 Å². The van der Waals surface area contributed by atoms with E-state index in [9.17, 15) is 94.8 Å². The number of hydrogen-bond acceptors (Lipinski definition) is 10. The molecule has 0 bridgehead atoms. The Labute approximate surface area is 314 Å². The van der Waals surface area contributed by atoms with Gasteiger partial charge >= 0.3 is 24.7 Å². The molecular formula is C36H4F12N10. The first-order chi connectivity index (χ1) is 27.0. The molecule has 0 N–H and O–H groups in total. The van der Waals surface area contributed by atoms with E-state index in [0.717, 1.165) is 0 Å². The summed E-state index contributed by atoms with van der Waals surface area (Å²) < 4.78 is 167. The molecule has 0 aliphatic heterocycles. The van der Waals surface area contributed by atoms with Gasteiger partial charge in [-0.25, -0.2) is 9.97 Å². The van der Waals surface area contributed by atoms with Crippen molar-refractivity contribution in [1.29, 1.82) is 42.1 Å². The van der Waals surface area contributed by atoms with Gasteiger partial charge in [0.25, 0.3) is 0 Å². The van der Waals surface area contributed by atoms with E-state index in [1.165, 1.54) is 48.6 Å². The molecule has 2 aliphatic rings. The average molecular weight is 804 g/mol. The van der Waals surface area contributed by atoms with Gasteiger partial charge in [-0.05, 0) is 35.4 Å². The number of halogens is 12. The third-order valence-corrected chi connectivity index (χ3v) is 8.28. The molecule has 2 aliphatic carbocycles. The maximum absolute atomic E-state index is 13.9. The molecule has 0 unspecified atom stereocenters. The number of nitriles is 8. The summed E-state index contributed by atoms with van der Waals surface area (Å²) in [4.78, 5) is 5.13. The van der Waals surface area contributed by atoms with E-state index in [2.05, 4.69) is 9.97 Å². The summed E-state index contributed by atoms with van der Waals surface area (Å²) in [5, 5.41) is 81.9. The van der Waals surface area contributed by atoms with Crippen LogP contribution in [0.1, 0.15) is 67.3 Å². The quantitative estimate of drug-likeness (QED) is 0.177. The van der Waals surface area contributed by atoms with Crippen LogP contribution in [0.5, 0.6) is 0 Å². The molecule has 22 heteroatoms. The normalized spacial score (nSPS) is 13.5. The van der Waals surface area contributed by atoms with Crippen molar-refractivity contribution >= 4 is 33.4 Å². The lowest BCUT2D eigenvalue weighted by molar-refractivity contribution is -0.151. The van der Waals surface area contributed by atoms with Crippen LogP contribution in [0, 0.1) is 90.6 Å². The minimum Gasteiger partial charge on any atom is -0.239 e. The van der Waals surface area contributed by atoms with E-state index in [0.29, 0.717) is 0 Å². The minimum absolute atomic E-state index is 0.0284. The minimum atomic E-state index is -5.62. The SMILES string of the molecule is N#CC(C#N)=C1C(c2cc(C(F)(F)F)nc(C(F)(F)F)c2)=C(C#N)c2c(C#N)c3c(c(C#N)c21)C(C#N)=C(c1cc(C(F)(F)F)nc(C(F)(F)F)c1)C3=C(C#N)C#N. The van der Waals surface area contributed by atoms with Gasteiger partial charge in [0, 0.05) is 44.5 Å². The number of nitrogens with zero attached hydrogens (tertiary/aromatic N) is 10. The predicted molar refractivity (Wildman–Crippen MR) is 165 cm³/mol. The van der Waals surface area contributed by atoms with Crippen LogP contribution in [-0.2, 0) is 24.7 Å². The fourth-order valence-corrected chi connectivity index (χ4v) is 6.23. The fraction of sp³-hybridized carbons (Fsp3) is 0.111. The van der Waals surface area contributed by atoms with Gasteiger partial charge < -0.3 is 0 Å². The number of alkyl halides is 12. The molecule has 1 aromatic carbocycles. The van der Waals surface area contributed by atoms with Gasteiger partial charge in [0.1, 0.15) is 82.5 Å². The summed E-state index contributed by atoms with van der Waals surface area (Å²) in [6.07, 6.45) is -22.5. The van der Waals surface area contributed by atoms with E-state index in [4.69, 9.17) is 0 Å². The van der Waals surface area contributed by atoms with Crippen LogP contribution in [0.25, 0.3) is 33.4 Å². The van der Waals surface area contributed by atoms with Gasteiger partial charge in [0.15, 0.2) is 0 Å². The zero-order valence-corrected chi connectivity index (χ0v) is 27.3. The molecule has 10 nitrogen and oxygen atoms in total. The predicted octanol–water partition coefficient (Wildman–Crippen LogP) is 8.79. The second-order valence-corrected chi connectivity index (χ2v) is 11.4. The molecule has 5 rings (SSSR count). The molecule has 58 heavy (non-hydrogen) atoms. The first-order valence-electron chi connectivity index (χ1n) is 14.8. The molecule has 0 fully saturated rings. The molecule has 0 atom stereocenters. The number of fused-ring (bicyclic) bond motifs is 2. The second-order valence-electron chi connectivity index (χ2n) is 11.4. The Balaban J connectivity index is 2.12. The lowest BCUT2D eigenvalue weighted by Gasteiger charge is -2.17. The van der Waals surface area contributed by atoms with E-state index in [1.807, 2.05) is 0 Å². The summed E-state index contributed by atoms with van der Waals surface area (Å²) in [7, 11) is 0. The molecule has 0 saturated heterocycles. The lowest BCUT2D eigenvalue weighted by atomic mass is 9.82. The van der Waals surface area contributed by atoms with Gasteiger partial charge in [-0.15, -0.1) is 0 Å². The van der Waals surface area contributed by atoms with Crippen LogP contribution in [0.2, 0.25) is 0 Å². The average Bonchev–Trinajstić information content (AvgIpc) is 3.67. The Kier molecular flexibility index (Phi) is 9.62. The highest BCUT2D eigenvalue weighted by molar-refractivity contribution is 6.32. The van der Waals surface area contributed by atoms with E-state index >= 15 is 0 Å². The van der Waals surface area contributed by atoms with Crippen molar-refractivity contribution in [3.8, 4) is 48.6 Å². The highest BCUT2D eigenvalue weighted by atomic mass is 19.4. The standard InChI is InChI=1S/C36H4F12N10/c37-33(38,39)21-1-13(2-22(57-21)34(40,41)42)25-17(9-53)29-19(11-55)32-28(16(7-51)8-52)26(14-3-23(35(43,44)45)58-24(4-14)36(46,47)48)18(10-54)30(32)20(12-56)31(29)27(25)15(5-49)6-50/h1-4H. The Morgan fingerprint density at radius 3 is 0.845 bits per heavy atom. The van der Waals surface area contributed by atoms with Gasteiger partial charge in [0.05, 0.1) is 22.3 Å². The Morgan fingerprint density at radius 1 is 0.397 bits per heavy atom. The zero-order chi connectivity index (χ0) is 43.4. The first-order valence-corrected chi connectivity index (χ1v) is 14.8. The Hall–Kier alpha value is -8.44. The second kappa shape index (κ2) is 13.7. The highest BCUT2D eigenvalue weighted by Gasteiger charge is 2.47. The van der Waals surface area contributed by atoms with Crippen molar-refractivity contribution in [1.82, 2.24) is 9.97 Å². The number of benzene rings is 1. The van der Waals surface area contributed by atoms with Crippen LogP contribution in [0.3, 0.4) is 0 Å². The number of pyridine rings is 2. The maximum atomic E-state index is 13.9. The topological polar surface area (TPSA) is 216 Å². The van der Waals surface area contributed by atoms with Crippen LogP contribution >= 0.6 is 0 Å². The van der Waals surface area contributed by atoms with Crippen molar-refractivity contribution in [2.75, 3.05) is 0 Å². The largest absolute Gasteiger partial charge is 0.433 e. The molecule has 0 radical (unpaired) electrons. The zero-order valence-electron chi connectivity index (χ0n) is 27.3. The van der Waals surface area contributed by atoms with Crippen molar-refractivity contribution in [3.63, 3.8) is 0 Å². The highest BCUT2D eigenvalue weighted by Crippen LogP contribution is 2.58. The van der Waals surface area contributed by atoms with Gasteiger partial charge in [-0.1, -0.05) is 0 Å². The van der Waals surface area contributed by atoms with E-state index in [-0.39, 0.29) is 24.3 Å². The summed E-state index contributed by atoms with van der Waals surface area (Å²) in [6.45, 7) is 0. The Morgan fingerprint density at radius 2 is 0.655 bits per heavy atom. The van der Waals surface area contributed by atoms with Crippen LogP contribution < -0.4 is 0 Å². The summed E-state index contributed by atoms with van der Waals surface area (Å²) >= 11 is 0. The number of aromatic nitrogens is 2. The monoisotopic (exact) mass is 804 g/mol. The third-order valence-electron chi connectivity index (χ3n) is 8.28. The molecular weight excluding hydrogens is 800 g/mol. The summed E-state index contributed by atoms with van der Waals surface area (Å²) in [5.41, 5.74) is -26.3. The van der Waals surface area contributed by atoms with Crippen LogP contribution in [-0.4, -0.2) is 9.97 Å². The molecule has 0 amide bonds. The summed E-state index contributed by atoms with van der Waals surface area (Å²) in [5.74, 6) is 0. The molecule has 3 aromatic rings. The van der Waals surface area contributed by atoms with E-state index < -0.39 is 137 Å². The van der Waals surface area contributed by atoms with Crippen LogP contribution in [0.15, 0.2) is 35.4 Å². The first kappa shape index (κ1) is 40.7. The number of hydrogen-bond donors (Lipinski definition) is 0. The van der Waals surface area contributed by atoms with Crippen molar-refractivity contribution in [2.24, 2.45) is 0 Å². The lowest BCUT2D eigenvalue weighted by Crippen LogP contribution is -2.16. The third kappa shape index (κ3) is 6.34. The van der Waals surface area contributed by atoms with Crippen molar-refractivity contribution in [3.05, 3.63) is 103 Å². The fourth-order valence-electron chi connectivity index (χ4n) is 6.23. The van der Waals surface area contributed by atoms with Gasteiger partial charge in [0.2, 0.25) is 0 Å². The molecule has 2 heterocycles. The molecule has 2 aromatic heterocycles. The van der Waals surface area contributed by atoms with Gasteiger partial charge in [-0.3, -0.25) is 0 Å². The smallest absolute Gasteiger partial charge is 0.239 e. The molecule has 0 spiro atoms. The maximum Gasteiger partial charge on any atom is 0.433 e. The molecule has 282 valence electrons. The summed E-state index contributed by atoms with van der Waals surface area (Å²) in [6, 6.07) is 10.9.